The zero-order valence-electron chi connectivity index (χ0n) is 10.2. The number of ether oxygens (including phenoxy) is 2. The lowest BCUT2D eigenvalue weighted by Gasteiger charge is -2.22. The van der Waals surface area contributed by atoms with Gasteiger partial charge in [0.2, 0.25) is 0 Å². The first-order chi connectivity index (χ1) is 9.16. The average Bonchev–Trinajstić information content (AvgIpc) is 2.89. The fourth-order valence-electron chi connectivity index (χ4n) is 1.65. The van der Waals surface area contributed by atoms with Gasteiger partial charge in [0.15, 0.2) is 11.8 Å². The Morgan fingerprint density at radius 1 is 1.53 bits per heavy atom. The SMILES string of the molecule is O=C(O)c1cn(CCNC(=O)C2COCCO2)cn1. The number of nitrogens with zero attached hydrogens (tertiary/aromatic N) is 2. The summed E-state index contributed by atoms with van der Waals surface area (Å²) in [7, 11) is 0. The number of amides is 1. The molecule has 1 aliphatic rings. The highest BCUT2D eigenvalue weighted by Crippen LogP contribution is 2.00. The number of hydrogen-bond acceptors (Lipinski definition) is 5. The number of carboxylic acid groups (broad SMARTS) is 1. The Morgan fingerprint density at radius 3 is 3.00 bits per heavy atom. The van der Waals surface area contributed by atoms with E-state index in [1.54, 1.807) is 4.57 Å². The smallest absolute Gasteiger partial charge is 0.356 e. The van der Waals surface area contributed by atoms with Gasteiger partial charge in [0.05, 0.1) is 26.1 Å². The minimum absolute atomic E-state index is 0.0182. The highest BCUT2D eigenvalue weighted by molar-refractivity contribution is 5.84. The van der Waals surface area contributed by atoms with Gasteiger partial charge in [-0.05, 0) is 0 Å². The summed E-state index contributed by atoms with van der Waals surface area (Å²) in [5.74, 6) is -1.30. The van der Waals surface area contributed by atoms with Crippen molar-refractivity contribution in [2.75, 3.05) is 26.4 Å². The van der Waals surface area contributed by atoms with E-state index < -0.39 is 12.1 Å². The Morgan fingerprint density at radius 2 is 2.37 bits per heavy atom. The van der Waals surface area contributed by atoms with Crippen LogP contribution in [0.15, 0.2) is 12.5 Å². The normalized spacial score (nSPS) is 19.1. The summed E-state index contributed by atoms with van der Waals surface area (Å²) >= 11 is 0. The van der Waals surface area contributed by atoms with E-state index >= 15 is 0 Å². The van der Waals surface area contributed by atoms with Crippen molar-refractivity contribution in [1.82, 2.24) is 14.9 Å². The summed E-state index contributed by atoms with van der Waals surface area (Å²) in [4.78, 5) is 26.0. The second-order valence-electron chi connectivity index (χ2n) is 4.03. The van der Waals surface area contributed by atoms with Gasteiger partial charge in [0.25, 0.3) is 5.91 Å². The summed E-state index contributed by atoms with van der Waals surface area (Å²) in [6.45, 7) is 2.01. The van der Waals surface area contributed by atoms with Crippen molar-refractivity contribution in [3.05, 3.63) is 18.2 Å². The number of aromatic carboxylic acids is 1. The molecule has 1 amide bonds. The highest BCUT2D eigenvalue weighted by Gasteiger charge is 2.21. The summed E-state index contributed by atoms with van der Waals surface area (Å²) in [6.07, 6.45) is 2.26. The van der Waals surface area contributed by atoms with Gasteiger partial charge in [-0.3, -0.25) is 4.79 Å². The zero-order chi connectivity index (χ0) is 13.7. The first-order valence-corrected chi connectivity index (χ1v) is 5.89. The molecule has 8 nitrogen and oxygen atoms in total. The van der Waals surface area contributed by atoms with Crippen LogP contribution in [-0.2, 0) is 20.8 Å². The van der Waals surface area contributed by atoms with E-state index in [1.807, 2.05) is 0 Å². The van der Waals surface area contributed by atoms with E-state index in [0.29, 0.717) is 26.3 Å². The van der Waals surface area contributed by atoms with Crippen LogP contribution in [0, 0.1) is 0 Å². The lowest BCUT2D eigenvalue weighted by Crippen LogP contribution is -2.43. The predicted molar refractivity (Wildman–Crippen MR) is 62.8 cm³/mol. The van der Waals surface area contributed by atoms with Crippen molar-refractivity contribution >= 4 is 11.9 Å². The molecule has 0 spiro atoms. The van der Waals surface area contributed by atoms with Gasteiger partial charge >= 0.3 is 5.97 Å². The second kappa shape index (κ2) is 6.30. The third-order valence-electron chi connectivity index (χ3n) is 2.63. The molecule has 0 aromatic carbocycles. The largest absolute Gasteiger partial charge is 0.476 e. The maximum Gasteiger partial charge on any atom is 0.356 e. The molecule has 1 unspecified atom stereocenters. The molecule has 19 heavy (non-hydrogen) atoms. The van der Waals surface area contributed by atoms with Crippen LogP contribution in [-0.4, -0.2) is 59.0 Å². The van der Waals surface area contributed by atoms with Crippen LogP contribution in [0.5, 0.6) is 0 Å². The Balaban J connectivity index is 1.73. The fourth-order valence-corrected chi connectivity index (χ4v) is 1.65. The lowest BCUT2D eigenvalue weighted by molar-refractivity contribution is -0.147. The lowest BCUT2D eigenvalue weighted by atomic mass is 10.3. The van der Waals surface area contributed by atoms with Crippen LogP contribution in [0.4, 0.5) is 0 Å². The summed E-state index contributed by atoms with van der Waals surface area (Å²) in [6, 6.07) is 0. The monoisotopic (exact) mass is 269 g/mol. The first-order valence-electron chi connectivity index (χ1n) is 5.89. The van der Waals surface area contributed by atoms with Gasteiger partial charge < -0.3 is 24.5 Å². The van der Waals surface area contributed by atoms with Crippen LogP contribution in [0.2, 0.25) is 0 Å². The van der Waals surface area contributed by atoms with E-state index in [9.17, 15) is 9.59 Å². The van der Waals surface area contributed by atoms with Crippen molar-refractivity contribution in [2.24, 2.45) is 0 Å². The van der Waals surface area contributed by atoms with Crippen molar-refractivity contribution < 1.29 is 24.2 Å². The molecular weight excluding hydrogens is 254 g/mol. The van der Waals surface area contributed by atoms with E-state index in [-0.39, 0.29) is 18.2 Å². The summed E-state index contributed by atoms with van der Waals surface area (Å²) in [5, 5.41) is 11.4. The second-order valence-corrected chi connectivity index (χ2v) is 4.03. The highest BCUT2D eigenvalue weighted by atomic mass is 16.6. The number of imidazole rings is 1. The van der Waals surface area contributed by atoms with Gasteiger partial charge in [0.1, 0.15) is 0 Å². The number of carboxylic acids is 1. The zero-order valence-corrected chi connectivity index (χ0v) is 10.2. The molecule has 2 heterocycles. The predicted octanol–water partition coefficient (Wildman–Crippen LogP) is -0.887. The van der Waals surface area contributed by atoms with Crippen LogP contribution in [0.25, 0.3) is 0 Å². The van der Waals surface area contributed by atoms with Crippen molar-refractivity contribution in [1.29, 1.82) is 0 Å². The molecule has 1 aromatic rings. The molecule has 2 rings (SSSR count). The van der Waals surface area contributed by atoms with E-state index in [0.717, 1.165) is 0 Å². The van der Waals surface area contributed by atoms with E-state index in [4.69, 9.17) is 14.6 Å². The molecule has 0 aliphatic carbocycles. The minimum Gasteiger partial charge on any atom is -0.476 e. The van der Waals surface area contributed by atoms with Gasteiger partial charge in [-0.2, -0.15) is 0 Å². The number of carbonyl (C=O) groups is 2. The summed E-state index contributed by atoms with van der Waals surface area (Å²) in [5.41, 5.74) is -0.0182. The van der Waals surface area contributed by atoms with Gasteiger partial charge in [0, 0.05) is 19.3 Å². The van der Waals surface area contributed by atoms with E-state index in [2.05, 4.69) is 10.3 Å². The van der Waals surface area contributed by atoms with Crippen molar-refractivity contribution in [3.8, 4) is 0 Å². The van der Waals surface area contributed by atoms with Crippen LogP contribution < -0.4 is 5.32 Å². The first kappa shape index (κ1) is 13.5. The standard InChI is InChI=1S/C11H15N3O5/c15-10(9-6-18-3-4-19-9)12-1-2-14-5-8(11(16)17)13-7-14/h5,7,9H,1-4,6H2,(H,12,15)(H,16,17). The third-order valence-corrected chi connectivity index (χ3v) is 2.63. The van der Waals surface area contributed by atoms with Gasteiger partial charge in [-0.25, -0.2) is 9.78 Å². The van der Waals surface area contributed by atoms with Gasteiger partial charge in [-0.1, -0.05) is 0 Å². The van der Waals surface area contributed by atoms with Gasteiger partial charge in [-0.15, -0.1) is 0 Å². The maximum absolute atomic E-state index is 11.7. The minimum atomic E-state index is -1.07. The fraction of sp³-hybridized carbons (Fsp3) is 0.545. The molecule has 1 atom stereocenters. The Bertz CT molecular complexity index is 453. The summed E-state index contributed by atoms with van der Waals surface area (Å²) < 4.78 is 12.0. The number of hydrogen-bond donors (Lipinski definition) is 2. The molecule has 0 saturated carbocycles. The third kappa shape index (κ3) is 3.76. The quantitative estimate of drug-likeness (QED) is 0.719. The molecule has 8 heteroatoms. The molecule has 0 radical (unpaired) electrons. The maximum atomic E-state index is 11.7. The Labute approximate surface area is 109 Å². The number of nitrogens with one attached hydrogen (secondary N) is 1. The number of rotatable bonds is 5. The van der Waals surface area contributed by atoms with Crippen LogP contribution >= 0.6 is 0 Å². The van der Waals surface area contributed by atoms with Crippen molar-refractivity contribution in [2.45, 2.75) is 12.6 Å². The van der Waals surface area contributed by atoms with Crippen LogP contribution in [0.3, 0.4) is 0 Å². The van der Waals surface area contributed by atoms with Crippen molar-refractivity contribution in [3.63, 3.8) is 0 Å². The van der Waals surface area contributed by atoms with Crippen LogP contribution in [0.1, 0.15) is 10.5 Å². The van der Waals surface area contributed by atoms with E-state index in [1.165, 1.54) is 12.5 Å². The average molecular weight is 269 g/mol. The number of aromatic nitrogens is 2. The number of carbonyl (C=O) groups excluding carboxylic acids is 1. The molecule has 1 aromatic heterocycles. The topological polar surface area (TPSA) is 103 Å². The molecular formula is C11H15N3O5. The Kier molecular flexibility index (Phi) is 4.48. The molecule has 1 saturated heterocycles. The molecule has 104 valence electrons. The molecule has 2 N–H and O–H groups in total. The molecule has 1 fully saturated rings. The molecule has 0 bridgehead atoms. The Hall–Kier alpha value is -1.93. The molecule has 1 aliphatic heterocycles.